The second-order valence-corrected chi connectivity index (χ2v) is 6.20. The van der Waals surface area contributed by atoms with Gasteiger partial charge in [-0.05, 0) is 18.9 Å². The highest BCUT2D eigenvalue weighted by Crippen LogP contribution is 2.26. The van der Waals surface area contributed by atoms with Crippen molar-refractivity contribution >= 4 is 5.91 Å². The molecule has 1 fully saturated rings. The third-order valence-electron chi connectivity index (χ3n) is 4.09. The predicted molar refractivity (Wildman–Crippen MR) is 84.8 cm³/mol. The van der Waals surface area contributed by atoms with Crippen LogP contribution in [0.25, 0.3) is 0 Å². The van der Waals surface area contributed by atoms with Gasteiger partial charge in [-0.15, -0.1) is 10.2 Å². The van der Waals surface area contributed by atoms with E-state index in [0.29, 0.717) is 36.4 Å². The molecule has 3 rings (SSSR count). The molecule has 2 aromatic heterocycles. The van der Waals surface area contributed by atoms with Gasteiger partial charge in [0, 0.05) is 31.0 Å². The van der Waals surface area contributed by atoms with Gasteiger partial charge in [-0.25, -0.2) is 0 Å². The number of nitrogens with zero attached hydrogens (tertiary/aromatic N) is 5. The maximum absolute atomic E-state index is 12.6. The Bertz CT molecular complexity index is 698. The molecule has 1 saturated heterocycles. The molecule has 24 heavy (non-hydrogen) atoms. The minimum Gasteiger partial charge on any atom is -0.480 e. The van der Waals surface area contributed by atoms with Gasteiger partial charge in [-0.3, -0.25) is 4.79 Å². The lowest BCUT2D eigenvalue weighted by molar-refractivity contribution is 0.0696. The largest absolute Gasteiger partial charge is 0.480 e. The van der Waals surface area contributed by atoms with Crippen LogP contribution in [0.3, 0.4) is 0 Å². The molecule has 0 aliphatic carbocycles. The molecule has 0 N–H and O–H groups in total. The number of amides is 1. The Morgan fingerprint density at radius 2 is 2.21 bits per heavy atom. The van der Waals surface area contributed by atoms with E-state index in [2.05, 4.69) is 20.3 Å². The van der Waals surface area contributed by atoms with E-state index in [1.807, 2.05) is 13.8 Å². The van der Waals surface area contributed by atoms with Crippen molar-refractivity contribution in [1.82, 2.24) is 25.2 Å². The summed E-state index contributed by atoms with van der Waals surface area (Å²) in [5, 5.41) is 11.9. The van der Waals surface area contributed by atoms with Gasteiger partial charge < -0.3 is 14.2 Å². The summed E-state index contributed by atoms with van der Waals surface area (Å²) in [6.07, 6.45) is 1.83. The Labute approximate surface area is 140 Å². The molecule has 3 heterocycles. The number of ether oxygens (including phenoxy) is 1. The van der Waals surface area contributed by atoms with Crippen molar-refractivity contribution in [1.29, 1.82) is 0 Å². The fourth-order valence-corrected chi connectivity index (χ4v) is 2.72. The van der Waals surface area contributed by atoms with E-state index in [1.54, 1.807) is 17.0 Å². The number of likely N-dealkylation sites (tertiary alicyclic amines) is 1. The first-order chi connectivity index (χ1) is 11.6. The van der Waals surface area contributed by atoms with Crippen molar-refractivity contribution in [2.24, 2.45) is 0 Å². The molecule has 1 aliphatic rings. The smallest absolute Gasteiger partial charge is 0.274 e. The summed E-state index contributed by atoms with van der Waals surface area (Å²) >= 11 is 0. The monoisotopic (exact) mass is 331 g/mol. The lowest BCUT2D eigenvalue weighted by atomic mass is 9.97. The minimum atomic E-state index is -0.137. The average molecular weight is 331 g/mol. The van der Waals surface area contributed by atoms with Crippen LogP contribution in [0.5, 0.6) is 5.88 Å². The van der Waals surface area contributed by atoms with E-state index >= 15 is 0 Å². The minimum absolute atomic E-state index is 0.0881. The molecular formula is C16H21N5O3. The van der Waals surface area contributed by atoms with Crippen LogP contribution in [0.2, 0.25) is 0 Å². The molecule has 128 valence electrons. The van der Waals surface area contributed by atoms with E-state index in [4.69, 9.17) is 9.26 Å². The molecule has 1 amide bonds. The third-order valence-corrected chi connectivity index (χ3v) is 4.09. The maximum Gasteiger partial charge on any atom is 0.274 e. The van der Waals surface area contributed by atoms with Crippen LogP contribution < -0.4 is 4.74 Å². The molecule has 1 aliphatic heterocycles. The SMILES string of the molecule is COc1ccc(C(=O)N2CCCC(c3noc(C(C)C)n3)C2)nn1. The van der Waals surface area contributed by atoms with Crippen LogP contribution in [0.1, 0.15) is 60.7 Å². The number of rotatable bonds is 4. The van der Waals surface area contributed by atoms with Crippen LogP contribution in [-0.4, -0.2) is 51.3 Å². The highest BCUT2D eigenvalue weighted by Gasteiger charge is 2.29. The van der Waals surface area contributed by atoms with Crippen molar-refractivity contribution in [3.63, 3.8) is 0 Å². The van der Waals surface area contributed by atoms with E-state index in [0.717, 1.165) is 12.8 Å². The number of methoxy groups -OCH3 is 1. The molecule has 2 aromatic rings. The van der Waals surface area contributed by atoms with Crippen LogP contribution >= 0.6 is 0 Å². The van der Waals surface area contributed by atoms with Gasteiger partial charge in [0.2, 0.25) is 11.8 Å². The standard InChI is InChI=1S/C16H21N5O3/c1-10(2)15-17-14(20-24-15)11-5-4-8-21(9-11)16(22)12-6-7-13(23-3)19-18-12/h6-7,10-11H,4-5,8-9H2,1-3H3. The third kappa shape index (κ3) is 3.37. The summed E-state index contributed by atoms with van der Waals surface area (Å²) in [4.78, 5) is 18.8. The highest BCUT2D eigenvalue weighted by atomic mass is 16.5. The summed E-state index contributed by atoms with van der Waals surface area (Å²) in [6, 6.07) is 3.26. The van der Waals surface area contributed by atoms with Crippen molar-refractivity contribution in [2.45, 2.75) is 38.5 Å². The zero-order chi connectivity index (χ0) is 17.1. The summed E-state index contributed by atoms with van der Waals surface area (Å²) in [6.45, 7) is 5.27. The maximum atomic E-state index is 12.6. The lowest BCUT2D eigenvalue weighted by Gasteiger charge is -2.30. The highest BCUT2D eigenvalue weighted by molar-refractivity contribution is 5.92. The average Bonchev–Trinajstić information content (AvgIpc) is 3.12. The molecule has 1 atom stereocenters. The molecule has 0 bridgehead atoms. The Kier molecular flexibility index (Phi) is 4.73. The molecule has 0 aromatic carbocycles. The van der Waals surface area contributed by atoms with Crippen molar-refractivity contribution in [3.8, 4) is 5.88 Å². The summed E-state index contributed by atoms with van der Waals surface area (Å²) in [5.74, 6) is 1.84. The fourth-order valence-electron chi connectivity index (χ4n) is 2.72. The molecule has 0 radical (unpaired) electrons. The van der Waals surface area contributed by atoms with Crippen LogP contribution in [0.4, 0.5) is 0 Å². The molecule has 8 heteroatoms. The van der Waals surface area contributed by atoms with E-state index in [9.17, 15) is 4.79 Å². The van der Waals surface area contributed by atoms with Crippen LogP contribution in [-0.2, 0) is 0 Å². The van der Waals surface area contributed by atoms with Gasteiger partial charge in [-0.1, -0.05) is 19.0 Å². The quantitative estimate of drug-likeness (QED) is 0.845. The first kappa shape index (κ1) is 16.4. The molecular weight excluding hydrogens is 310 g/mol. The van der Waals surface area contributed by atoms with Gasteiger partial charge in [0.25, 0.3) is 5.91 Å². The fraction of sp³-hybridized carbons (Fsp3) is 0.562. The Morgan fingerprint density at radius 1 is 1.38 bits per heavy atom. The zero-order valence-corrected chi connectivity index (χ0v) is 14.1. The number of aromatic nitrogens is 4. The van der Waals surface area contributed by atoms with Gasteiger partial charge in [0.1, 0.15) is 0 Å². The molecule has 1 unspecified atom stereocenters. The first-order valence-electron chi connectivity index (χ1n) is 8.09. The molecule has 0 spiro atoms. The summed E-state index contributed by atoms with van der Waals surface area (Å²) < 4.78 is 10.2. The Morgan fingerprint density at radius 3 is 2.83 bits per heavy atom. The zero-order valence-electron chi connectivity index (χ0n) is 14.1. The van der Waals surface area contributed by atoms with Crippen LogP contribution in [0, 0.1) is 0 Å². The molecule has 8 nitrogen and oxygen atoms in total. The van der Waals surface area contributed by atoms with Crippen molar-refractivity contribution in [2.75, 3.05) is 20.2 Å². The summed E-state index contributed by atoms with van der Waals surface area (Å²) in [7, 11) is 1.51. The first-order valence-corrected chi connectivity index (χ1v) is 8.09. The normalized spacial score (nSPS) is 18.0. The van der Waals surface area contributed by atoms with Gasteiger partial charge in [0.05, 0.1) is 7.11 Å². The van der Waals surface area contributed by atoms with E-state index < -0.39 is 0 Å². The number of carbonyl (C=O) groups is 1. The Balaban J connectivity index is 1.70. The van der Waals surface area contributed by atoms with E-state index in [-0.39, 0.29) is 17.7 Å². The van der Waals surface area contributed by atoms with Gasteiger partial charge in [0.15, 0.2) is 11.5 Å². The van der Waals surface area contributed by atoms with Crippen molar-refractivity contribution < 1.29 is 14.1 Å². The Hall–Kier alpha value is -2.51. The number of hydrogen-bond donors (Lipinski definition) is 0. The van der Waals surface area contributed by atoms with E-state index in [1.165, 1.54) is 7.11 Å². The topological polar surface area (TPSA) is 94.2 Å². The number of hydrogen-bond acceptors (Lipinski definition) is 7. The number of carbonyl (C=O) groups excluding carboxylic acids is 1. The van der Waals surface area contributed by atoms with Gasteiger partial charge in [-0.2, -0.15) is 4.98 Å². The van der Waals surface area contributed by atoms with Gasteiger partial charge >= 0.3 is 0 Å². The lowest BCUT2D eigenvalue weighted by Crippen LogP contribution is -2.39. The number of piperidine rings is 1. The second-order valence-electron chi connectivity index (χ2n) is 6.20. The summed E-state index contributed by atoms with van der Waals surface area (Å²) in [5.41, 5.74) is 0.312. The second kappa shape index (κ2) is 6.94. The predicted octanol–water partition coefficient (Wildman–Crippen LogP) is 2.01. The van der Waals surface area contributed by atoms with Crippen LogP contribution in [0.15, 0.2) is 16.7 Å². The molecule has 0 saturated carbocycles. The van der Waals surface area contributed by atoms with Crippen molar-refractivity contribution in [3.05, 3.63) is 29.5 Å².